The van der Waals surface area contributed by atoms with Crippen LogP contribution in [0.25, 0.3) is 0 Å². The average Bonchev–Trinajstić information content (AvgIpc) is 3.03. The number of hydrogen-bond donors (Lipinski definition) is 2. The molecule has 26 heavy (non-hydrogen) atoms. The van der Waals surface area contributed by atoms with Gasteiger partial charge in [0.05, 0.1) is 18.7 Å². The Bertz CT molecular complexity index is 693. The van der Waals surface area contributed by atoms with Crippen molar-refractivity contribution in [1.29, 1.82) is 0 Å². The Morgan fingerprint density at radius 2 is 2.08 bits per heavy atom. The fourth-order valence-electron chi connectivity index (χ4n) is 2.21. The smallest absolute Gasteiger partial charge is 0.191 e. The highest BCUT2D eigenvalue weighted by atomic mass is 127. The van der Waals surface area contributed by atoms with Crippen molar-refractivity contribution in [1.82, 2.24) is 15.6 Å². The summed E-state index contributed by atoms with van der Waals surface area (Å²) in [4.78, 5) is 9.83. The van der Waals surface area contributed by atoms with Crippen LogP contribution in [0.1, 0.15) is 16.8 Å². The lowest BCUT2D eigenvalue weighted by Gasteiger charge is -2.18. The minimum atomic E-state index is -0.00716. The number of ether oxygens (including phenoxy) is 2. The molecule has 0 fully saturated rings. The number of guanidine groups is 1. The molecule has 1 unspecified atom stereocenters. The van der Waals surface area contributed by atoms with Gasteiger partial charge in [-0.05, 0) is 26.0 Å². The number of nitrogens with zero attached hydrogens (tertiary/aromatic N) is 2. The molecule has 2 N–H and O–H groups in total. The lowest BCUT2D eigenvalue weighted by molar-refractivity contribution is 0.223. The highest BCUT2D eigenvalue weighted by Gasteiger charge is 2.07. The molecule has 2 rings (SSSR count). The molecule has 0 aliphatic carbocycles. The van der Waals surface area contributed by atoms with Gasteiger partial charge in [0.2, 0.25) is 0 Å². The first-order valence-electron chi connectivity index (χ1n) is 8.27. The lowest BCUT2D eigenvalue weighted by Crippen LogP contribution is -2.42. The van der Waals surface area contributed by atoms with Crippen LogP contribution in [0.15, 0.2) is 35.5 Å². The van der Waals surface area contributed by atoms with Gasteiger partial charge >= 0.3 is 0 Å². The number of aryl methyl sites for hydroxylation is 1. The van der Waals surface area contributed by atoms with E-state index in [1.54, 1.807) is 25.5 Å². The number of nitrogens with one attached hydrogen (secondary N) is 2. The number of hydrogen-bond acceptors (Lipinski definition) is 5. The van der Waals surface area contributed by atoms with Crippen molar-refractivity contribution in [2.24, 2.45) is 4.99 Å². The van der Waals surface area contributed by atoms with Crippen LogP contribution in [0, 0.1) is 6.92 Å². The molecule has 8 heteroatoms. The van der Waals surface area contributed by atoms with E-state index in [-0.39, 0.29) is 30.1 Å². The third-order valence-electron chi connectivity index (χ3n) is 3.46. The Morgan fingerprint density at radius 3 is 2.73 bits per heavy atom. The minimum Gasteiger partial charge on any atom is -0.497 e. The molecule has 1 aromatic carbocycles. The highest BCUT2D eigenvalue weighted by Crippen LogP contribution is 2.19. The van der Waals surface area contributed by atoms with Gasteiger partial charge in [-0.25, -0.2) is 4.98 Å². The SMILES string of the molecule is CN=C(NCCc1ncc(C)s1)NCC(C)Oc1cccc(OC)c1.I. The fraction of sp³-hybridized carbons (Fsp3) is 0.444. The molecule has 1 aromatic heterocycles. The second-order valence-electron chi connectivity index (χ2n) is 5.60. The molecule has 144 valence electrons. The van der Waals surface area contributed by atoms with E-state index in [1.165, 1.54) is 4.88 Å². The molecular weight excluding hydrogens is 463 g/mol. The normalized spacial score (nSPS) is 12.1. The third kappa shape index (κ3) is 7.77. The predicted molar refractivity (Wildman–Crippen MR) is 118 cm³/mol. The van der Waals surface area contributed by atoms with Crippen molar-refractivity contribution in [2.75, 3.05) is 27.2 Å². The molecule has 0 spiro atoms. The summed E-state index contributed by atoms with van der Waals surface area (Å²) in [6.45, 7) is 5.52. The molecular formula is C18H27IN4O2S. The van der Waals surface area contributed by atoms with Gasteiger partial charge < -0.3 is 20.1 Å². The Kier molecular flexibility index (Phi) is 10.3. The molecule has 0 aliphatic heterocycles. The summed E-state index contributed by atoms with van der Waals surface area (Å²) >= 11 is 1.73. The molecule has 1 atom stereocenters. The topological polar surface area (TPSA) is 67.8 Å². The third-order valence-corrected chi connectivity index (χ3v) is 4.43. The Hall–Kier alpha value is -1.55. The van der Waals surface area contributed by atoms with Crippen molar-refractivity contribution < 1.29 is 9.47 Å². The van der Waals surface area contributed by atoms with Crippen LogP contribution in [0.2, 0.25) is 0 Å². The van der Waals surface area contributed by atoms with Gasteiger partial charge in [-0.3, -0.25) is 4.99 Å². The van der Waals surface area contributed by atoms with Crippen molar-refractivity contribution >= 4 is 41.3 Å². The average molecular weight is 490 g/mol. The second-order valence-corrected chi connectivity index (χ2v) is 6.92. The number of halogens is 1. The van der Waals surface area contributed by atoms with E-state index in [2.05, 4.69) is 27.5 Å². The summed E-state index contributed by atoms with van der Waals surface area (Å²) in [5.74, 6) is 2.33. The van der Waals surface area contributed by atoms with E-state index in [4.69, 9.17) is 9.47 Å². The number of methoxy groups -OCH3 is 1. The van der Waals surface area contributed by atoms with Gasteiger partial charge in [0.1, 0.15) is 17.6 Å². The molecule has 2 aromatic rings. The number of aliphatic imine (C=N–C) groups is 1. The van der Waals surface area contributed by atoms with E-state index < -0.39 is 0 Å². The standard InChI is InChI=1S/C18H26N4O2S.HI/c1-13(24-16-7-5-6-15(10-16)23-4)11-22-18(19-3)20-9-8-17-21-12-14(2)25-17;/h5-7,10,12-13H,8-9,11H2,1-4H3,(H2,19,20,22);1H. The summed E-state index contributed by atoms with van der Waals surface area (Å²) in [6.07, 6.45) is 2.78. The summed E-state index contributed by atoms with van der Waals surface area (Å²) in [5, 5.41) is 7.70. The van der Waals surface area contributed by atoms with Gasteiger partial charge in [0, 0.05) is 37.2 Å². The van der Waals surface area contributed by atoms with Crippen LogP contribution in [-0.2, 0) is 6.42 Å². The zero-order chi connectivity index (χ0) is 18.1. The zero-order valence-corrected chi connectivity index (χ0v) is 18.8. The van der Waals surface area contributed by atoms with Crippen molar-refractivity contribution in [3.8, 4) is 11.5 Å². The van der Waals surface area contributed by atoms with Crippen molar-refractivity contribution in [3.63, 3.8) is 0 Å². The van der Waals surface area contributed by atoms with Crippen LogP contribution >= 0.6 is 35.3 Å². The Balaban J connectivity index is 0.00000338. The molecule has 0 saturated heterocycles. The largest absolute Gasteiger partial charge is 0.497 e. The van der Waals surface area contributed by atoms with Crippen LogP contribution in [-0.4, -0.2) is 44.3 Å². The first kappa shape index (κ1) is 22.5. The predicted octanol–water partition coefficient (Wildman–Crippen LogP) is 3.25. The fourth-order valence-corrected chi connectivity index (χ4v) is 3.00. The van der Waals surface area contributed by atoms with E-state index in [0.29, 0.717) is 6.54 Å². The molecule has 6 nitrogen and oxygen atoms in total. The minimum absolute atomic E-state index is 0. The van der Waals surface area contributed by atoms with E-state index in [9.17, 15) is 0 Å². The number of benzene rings is 1. The van der Waals surface area contributed by atoms with Crippen LogP contribution in [0.5, 0.6) is 11.5 Å². The molecule has 0 bridgehead atoms. The number of thiazole rings is 1. The molecule has 1 heterocycles. The van der Waals surface area contributed by atoms with Crippen LogP contribution in [0.3, 0.4) is 0 Å². The quantitative estimate of drug-likeness (QED) is 0.338. The van der Waals surface area contributed by atoms with E-state index in [0.717, 1.165) is 35.4 Å². The van der Waals surface area contributed by atoms with Gasteiger partial charge in [0.25, 0.3) is 0 Å². The number of aromatic nitrogens is 1. The summed E-state index contributed by atoms with van der Waals surface area (Å²) in [6, 6.07) is 7.60. The lowest BCUT2D eigenvalue weighted by atomic mass is 10.3. The van der Waals surface area contributed by atoms with Crippen molar-refractivity contribution in [3.05, 3.63) is 40.3 Å². The van der Waals surface area contributed by atoms with Gasteiger partial charge in [-0.1, -0.05) is 6.07 Å². The molecule has 0 saturated carbocycles. The Labute approximate surface area is 176 Å². The number of rotatable bonds is 8. The molecule has 0 radical (unpaired) electrons. The molecule has 0 amide bonds. The second kappa shape index (κ2) is 11.9. The Morgan fingerprint density at radius 1 is 1.31 bits per heavy atom. The maximum absolute atomic E-state index is 5.89. The monoisotopic (exact) mass is 490 g/mol. The van der Waals surface area contributed by atoms with Crippen molar-refractivity contribution in [2.45, 2.75) is 26.4 Å². The summed E-state index contributed by atoms with van der Waals surface area (Å²) in [7, 11) is 3.41. The summed E-state index contributed by atoms with van der Waals surface area (Å²) < 4.78 is 11.1. The van der Waals surface area contributed by atoms with E-state index in [1.807, 2.05) is 37.4 Å². The first-order chi connectivity index (χ1) is 12.1. The van der Waals surface area contributed by atoms with Gasteiger partial charge in [-0.15, -0.1) is 35.3 Å². The maximum Gasteiger partial charge on any atom is 0.191 e. The first-order valence-corrected chi connectivity index (χ1v) is 9.09. The van der Waals surface area contributed by atoms with Crippen LogP contribution in [0.4, 0.5) is 0 Å². The summed E-state index contributed by atoms with van der Waals surface area (Å²) in [5.41, 5.74) is 0. The van der Waals surface area contributed by atoms with Gasteiger partial charge in [-0.2, -0.15) is 0 Å². The zero-order valence-electron chi connectivity index (χ0n) is 15.6. The molecule has 0 aliphatic rings. The van der Waals surface area contributed by atoms with E-state index >= 15 is 0 Å². The maximum atomic E-state index is 5.89. The highest BCUT2D eigenvalue weighted by molar-refractivity contribution is 14.0. The van der Waals surface area contributed by atoms with Crippen LogP contribution < -0.4 is 20.1 Å². The van der Waals surface area contributed by atoms with Gasteiger partial charge in [0.15, 0.2) is 5.96 Å².